The van der Waals surface area contributed by atoms with Crippen molar-refractivity contribution in [1.29, 1.82) is 0 Å². The summed E-state index contributed by atoms with van der Waals surface area (Å²) in [5.74, 6) is -1.25. The Kier molecular flexibility index (Phi) is 5.92. The maximum Gasteiger partial charge on any atom is 0.389 e. The zero-order valence-corrected chi connectivity index (χ0v) is 15.4. The molecule has 150 valence electrons. The minimum Gasteiger partial charge on any atom is -0.358 e. The Morgan fingerprint density at radius 1 is 1.17 bits per heavy atom. The van der Waals surface area contributed by atoms with Gasteiger partial charge in [0.1, 0.15) is 6.54 Å². The van der Waals surface area contributed by atoms with Gasteiger partial charge in [0.2, 0.25) is 0 Å². The van der Waals surface area contributed by atoms with Crippen molar-refractivity contribution in [2.75, 3.05) is 13.1 Å². The van der Waals surface area contributed by atoms with Gasteiger partial charge in [-0.2, -0.15) is 9.67 Å². The van der Waals surface area contributed by atoms with Crippen LogP contribution in [0.5, 0.6) is 0 Å². The molecule has 0 aliphatic heterocycles. The first-order chi connectivity index (χ1) is 13.9. The number of hydrogen-bond acceptors (Lipinski definition) is 8. The van der Waals surface area contributed by atoms with Gasteiger partial charge in [-0.1, -0.05) is 23.4 Å². The standard InChI is InChI=1S/C17H17N7O5/c1-11-4-2-3-5-12(11)15(25)18-7-8-19-16(26)17-20-13(22-29-17)10-23-9-6-14(21-23)24(27)28/h2-6,9H,7-8,10H2,1H3,(H,18,25)(H,19,26). The lowest BCUT2D eigenvalue weighted by Gasteiger charge is -2.07. The van der Waals surface area contributed by atoms with Gasteiger partial charge in [0.05, 0.1) is 17.4 Å². The van der Waals surface area contributed by atoms with E-state index in [1.54, 1.807) is 12.1 Å². The Balaban J connectivity index is 1.46. The molecular weight excluding hydrogens is 382 g/mol. The average molecular weight is 399 g/mol. The molecule has 2 heterocycles. The molecule has 0 atom stereocenters. The molecular formula is C17H17N7O5. The highest BCUT2D eigenvalue weighted by Crippen LogP contribution is 2.07. The zero-order chi connectivity index (χ0) is 20.8. The van der Waals surface area contributed by atoms with Crippen LogP contribution in [0.1, 0.15) is 32.4 Å². The smallest absolute Gasteiger partial charge is 0.358 e. The number of aromatic nitrogens is 4. The number of amides is 2. The fourth-order valence-corrected chi connectivity index (χ4v) is 2.44. The van der Waals surface area contributed by atoms with Crippen LogP contribution in [0.2, 0.25) is 0 Å². The molecule has 3 rings (SSSR count). The van der Waals surface area contributed by atoms with Crippen molar-refractivity contribution >= 4 is 17.6 Å². The minimum absolute atomic E-state index is 0.0110. The summed E-state index contributed by atoms with van der Waals surface area (Å²) >= 11 is 0. The Hall–Kier alpha value is -4.09. The van der Waals surface area contributed by atoms with Gasteiger partial charge in [-0.25, -0.2) is 0 Å². The fraction of sp³-hybridized carbons (Fsp3) is 0.235. The Bertz CT molecular complexity index is 1040. The van der Waals surface area contributed by atoms with Crippen molar-refractivity contribution in [2.24, 2.45) is 0 Å². The number of rotatable bonds is 8. The van der Waals surface area contributed by atoms with Gasteiger partial charge >= 0.3 is 17.6 Å². The van der Waals surface area contributed by atoms with E-state index in [1.165, 1.54) is 16.9 Å². The van der Waals surface area contributed by atoms with Gasteiger partial charge in [0.25, 0.3) is 5.91 Å². The lowest BCUT2D eigenvalue weighted by molar-refractivity contribution is -0.389. The molecule has 1 aromatic carbocycles. The van der Waals surface area contributed by atoms with Crippen LogP contribution in [0.3, 0.4) is 0 Å². The van der Waals surface area contributed by atoms with E-state index < -0.39 is 10.8 Å². The second-order valence-corrected chi connectivity index (χ2v) is 5.97. The lowest BCUT2D eigenvalue weighted by Crippen LogP contribution is -2.35. The molecule has 12 heteroatoms. The normalized spacial score (nSPS) is 10.5. The molecule has 0 fully saturated rings. The van der Waals surface area contributed by atoms with Crippen LogP contribution in [-0.4, -0.2) is 49.7 Å². The summed E-state index contributed by atoms with van der Waals surface area (Å²) in [6, 6.07) is 8.42. The molecule has 2 amide bonds. The number of benzene rings is 1. The molecule has 0 bridgehead atoms. The summed E-state index contributed by atoms with van der Waals surface area (Å²) in [5.41, 5.74) is 1.43. The van der Waals surface area contributed by atoms with E-state index in [0.717, 1.165) is 5.56 Å². The summed E-state index contributed by atoms with van der Waals surface area (Å²) in [4.78, 5) is 38.1. The maximum absolute atomic E-state index is 12.1. The molecule has 2 aromatic heterocycles. The van der Waals surface area contributed by atoms with Crippen molar-refractivity contribution in [1.82, 2.24) is 30.6 Å². The third-order valence-electron chi connectivity index (χ3n) is 3.87. The summed E-state index contributed by atoms with van der Waals surface area (Å²) in [6.45, 7) is 2.23. The number of carbonyl (C=O) groups excluding carboxylic acids is 2. The van der Waals surface area contributed by atoms with Crippen LogP contribution in [0.25, 0.3) is 0 Å². The number of nitrogens with zero attached hydrogens (tertiary/aromatic N) is 5. The Labute approximate surface area is 164 Å². The van der Waals surface area contributed by atoms with Gasteiger partial charge in [-0.15, -0.1) is 0 Å². The monoisotopic (exact) mass is 399 g/mol. The van der Waals surface area contributed by atoms with Gasteiger partial charge in [-0.3, -0.25) is 9.59 Å². The van der Waals surface area contributed by atoms with E-state index in [4.69, 9.17) is 4.52 Å². The van der Waals surface area contributed by atoms with E-state index in [9.17, 15) is 19.7 Å². The first kappa shape index (κ1) is 19.7. The van der Waals surface area contributed by atoms with Crippen LogP contribution < -0.4 is 10.6 Å². The number of aryl methyl sites for hydroxylation is 1. The van der Waals surface area contributed by atoms with Gasteiger partial charge in [0, 0.05) is 18.7 Å². The summed E-state index contributed by atoms with van der Waals surface area (Å²) in [5, 5.41) is 23.3. The molecule has 0 saturated carbocycles. The molecule has 0 spiro atoms. The van der Waals surface area contributed by atoms with Gasteiger partial charge in [0.15, 0.2) is 5.82 Å². The molecule has 0 aliphatic rings. The first-order valence-electron chi connectivity index (χ1n) is 8.56. The molecule has 0 saturated heterocycles. The molecule has 0 radical (unpaired) electrons. The van der Waals surface area contributed by atoms with Crippen molar-refractivity contribution in [3.05, 3.63) is 69.5 Å². The summed E-state index contributed by atoms with van der Waals surface area (Å²) in [6.07, 6.45) is 1.39. The predicted molar refractivity (Wildman–Crippen MR) is 98.1 cm³/mol. The fourth-order valence-electron chi connectivity index (χ4n) is 2.44. The molecule has 29 heavy (non-hydrogen) atoms. The van der Waals surface area contributed by atoms with E-state index in [1.807, 2.05) is 19.1 Å². The van der Waals surface area contributed by atoms with Gasteiger partial charge in [-0.05, 0) is 23.5 Å². The molecule has 0 unspecified atom stereocenters. The van der Waals surface area contributed by atoms with E-state index in [-0.39, 0.29) is 43.1 Å². The van der Waals surface area contributed by atoms with Crippen molar-refractivity contribution < 1.29 is 19.0 Å². The van der Waals surface area contributed by atoms with E-state index in [2.05, 4.69) is 25.9 Å². The number of hydrogen-bond donors (Lipinski definition) is 2. The molecule has 12 nitrogen and oxygen atoms in total. The molecule has 3 aromatic rings. The van der Waals surface area contributed by atoms with Crippen molar-refractivity contribution in [3.8, 4) is 0 Å². The predicted octanol–water partition coefficient (Wildman–Crippen LogP) is 0.691. The topological polar surface area (TPSA) is 158 Å². The number of nitro groups is 1. The Morgan fingerprint density at radius 3 is 2.59 bits per heavy atom. The largest absolute Gasteiger partial charge is 0.389 e. The first-order valence-corrected chi connectivity index (χ1v) is 8.56. The second kappa shape index (κ2) is 8.73. The van der Waals surface area contributed by atoms with Crippen LogP contribution >= 0.6 is 0 Å². The van der Waals surface area contributed by atoms with Crippen LogP contribution in [0.15, 0.2) is 41.1 Å². The number of carbonyl (C=O) groups is 2. The van der Waals surface area contributed by atoms with E-state index >= 15 is 0 Å². The van der Waals surface area contributed by atoms with Crippen molar-refractivity contribution in [2.45, 2.75) is 13.5 Å². The van der Waals surface area contributed by atoms with Crippen LogP contribution in [0.4, 0.5) is 5.82 Å². The van der Waals surface area contributed by atoms with E-state index in [0.29, 0.717) is 5.56 Å². The molecule has 0 aliphatic carbocycles. The van der Waals surface area contributed by atoms with Crippen LogP contribution in [0, 0.1) is 17.0 Å². The summed E-state index contributed by atoms with van der Waals surface area (Å²) < 4.78 is 6.14. The molecule has 2 N–H and O–H groups in total. The third kappa shape index (κ3) is 5.00. The maximum atomic E-state index is 12.1. The lowest BCUT2D eigenvalue weighted by atomic mass is 10.1. The zero-order valence-electron chi connectivity index (χ0n) is 15.4. The highest BCUT2D eigenvalue weighted by molar-refractivity contribution is 5.95. The highest BCUT2D eigenvalue weighted by atomic mass is 16.6. The van der Waals surface area contributed by atoms with Gasteiger partial charge < -0.3 is 25.3 Å². The number of nitrogens with one attached hydrogen (secondary N) is 2. The van der Waals surface area contributed by atoms with Crippen LogP contribution in [-0.2, 0) is 6.54 Å². The van der Waals surface area contributed by atoms with Crippen molar-refractivity contribution in [3.63, 3.8) is 0 Å². The average Bonchev–Trinajstić information content (AvgIpc) is 3.35. The Morgan fingerprint density at radius 2 is 1.90 bits per heavy atom. The second-order valence-electron chi connectivity index (χ2n) is 5.97. The summed E-state index contributed by atoms with van der Waals surface area (Å²) in [7, 11) is 0. The quantitative estimate of drug-likeness (QED) is 0.318. The minimum atomic E-state index is -0.622. The highest BCUT2D eigenvalue weighted by Gasteiger charge is 2.17. The third-order valence-corrected chi connectivity index (χ3v) is 3.87. The SMILES string of the molecule is Cc1ccccc1C(=O)NCCNC(=O)c1nc(Cn2ccc([N+](=O)[O-])n2)no1.